The number of anilines is 1. The molecule has 0 atom stereocenters. The van der Waals surface area contributed by atoms with Gasteiger partial charge >= 0.3 is 0 Å². The van der Waals surface area contributed by atoms with Gasteiger partial charge in [0.25, 0.3) is 11.8 Å². The molecule has 3 aromatic rings. The molecule has 0 N–H and O–H groups in total. The smallest absolute Gasteiger partial charge is 0.258 e. The molecule has 0 bridgehead atoms. The Morgan fingerprint density at radius 2 is 1.47 bits per heavy atom. The first kappa shape index (κ1) is 21.0. The largest absolute Gasteiger partial charge is 0.493 e. The third kappa shape index (κ3) is 5.08. The number of benzene rings is 3. The Morgan fingerprint density at radius 1 is 0.812 bits per heavy atom. The molecule has 0 saturated carbocycles. The van der Waals surface area contributed by atoms with Gasteiger partial charge in [-0.2, -0.15) is 0 Å². The lowest BCUT2D eigenvalue weighted by molar-refractivity contribution is -0.119. The van der Waals surface area contributed by atoms with Crippen LogP contribution in [0.25, 0.3) is 6.08 Å². The SMILES string of the molecule is O=C(/C=C/c1ccc(CCOc2ccc(N3C(=O)C=CC3=O)cc2)cc1)c1ccccc1. The quantitative estimate of drug-likeness (QED) is 0.301. The minimum absolute atomic E-state index is 0.0242. The van der Waals surface area contributed by atoms with Gasteiger partial charge in [0.1, 0.15) is 5.75 Å². The molecule has 4 rings (SSSR count). The monoisotopic (exact) mass is 423 g/mol. The summed E-state index contributed by atoms with van der Waals surface area (Å²) in [6.07, 6.45) is 6.63. The Morgan fingerprint density at radius 3 is 2.12 bits per heavy atom. The Hall–Kier alpha value is -4.25. The Labute approximate surface area is 186 Å². The van der Waals surface area contributed by atoms with Crippen LogP contribution in [-0.2, 0) is 16.0 Å². The maximum absolute atomic E-state index is 12.1. The van der Waals surface area contributed by atoms with Crippen LogP contribution in [0.15, 0.2) is 97.1 Å². The van der Waals surface area contributed by atoms with E-state index in [0.29, 0.717) is 23.6 Å². The molecule has 0 aliphatic carbocycles. The first-order valence-corrected chi connectivity index (χ1v) is 10.3. The van der Waals surface area contributed by atoms with Crippen LogP contribution < -0.4 is 9.64 Å². The molecule has 2 amide bonds. The molecule has 0 unspecified atom stereocenters. The van der Waals surface area contributed by atoms with Crippen LogP contribution in [-0.4, -0.2) is 24.2 Å². The molecule has 1 aliphatic heterocycles. The minimum Gasteiger partial charge on any atom is -0.493 e. The van der Waals surface area contributed by atoms with Gasteiger partial charge in [-0.05, 0) is 41.5 Å². The molecule has 0 saturated heterocycles. The van der Waals surface area contributed by atoms with E-state index in [4.69, 9.17) is 4.74 Å². The van der Waals surface area contributed by atoms with Crippen LogP contribution in [0.1, 0.15) is 21.5 Å². The Bertz CT molecular complexity index is 1160. The summed E-state index contributed by atoms with van der Waals surface area (Å²) < 4.78 is 5.78. The summed E-state index contributed by atoms with van der Waals surface area (Å²) in [6, 6.07) is 24.0. The molecule has 5 heteroatoms. The lowest BCUT2D eigenvalue weighted by atomic mass is 10.1. The number of allylic oxidation sites excluding steroid dienone is 1. The average molecular weight is 423 g/mol. The van der Waals surface area contributed by atoms with Crippen molar-refractivity contribution in [2.24, 2.45) is 0 Å². The topological polar surface area (TPSA) is 63.7 Å². The number of imide groups is 1. The van der Waals surface area contributed by atoms with E-state index in [1.54, 1.807) is 42.5 Å². The normalized spacial score (nSPS) is 13.2. The third-order valence-electron chi connectivity index (χ3n) is 5.03. The molecular weight excluding hydrogens is 402 g/mol. The van der Waals surface area contributed by atoms with Gasteiger partial charge in [-0.3, -0.25) is 14.4 Å². The van der Waals surface area contributed by atoms with Gasteiger partial charge in [-0.1, -0.05) is 60.7 Å². The molecule has 0 radical (unpaired) electrons. The van der Waals surface area contributed by atoms with E-state index < -0.39 is 0 Å². The van der Waals surface area contributed by atoms with Gasteiger partial charge < -0.3 is 4.74 Å². The van der Waals surface area contributed by atoms with Crippen LogP contribution in [0.3, 0.4) is 0 Å². The zero-order chi connectivity index (χ0) is 22.3. The Balaban J connectivity index is 1.26. The van der Waals surface area contributed by atoms with Gasteiger partial charge in [0.15, 0.2) is 5.78 Å². The van der Waals surface area contributed by atoms with E-state index in [0.717, 1.165) is 22.4 Å². The highest BCUT2D eigenvalue weighted by molar-refractivity contribution is 6.28. The zero-order valence-electron chi connectivity index (χ0n) is 17.3. The number of ketones is 1. The number of amides is 2. The molecule has 3 aromatic carbocycles. The van der Waals surface area contributed by atoms with E-state index in [9.17, 15) is 14.4 Å². The van der Waals surface area contributed by atoms with Crippen molar-refractivity contribution >= 4 is 29.4 Å². The Kier molecular flexibility index (Phi) is 6.37. The summed E-state index contributed by atoms with van der Waals surface area (Å²) in [5.74, 6) is -0.0404. The van der Waals surface area contributed by atoms with Crippen LogP contribution in [0.5, 0.6) is 5.75 Å². The minimum atomic E-state index is -0.341. The van der Waals surface area contributed by atoms with E-state index in [1.807, 2.05) is 48.5 Å². The van der Waals surface area contributed by atoms with Crippen molar-refractivity contribution in [2.75, 3.05) is 11.5 Å². The van der Waals surface area contributed by atoms with Crippen molar-refractivity contribution in [3.05, 3.63) is 114 Å². The van der Waals surface area contributed by atoms with Crippen LogP contribution in [0, 0.1) is 0 Å². The van der Waals surface area contributed by atoms with E-state index in [-0.39, 0.29) is 17.6 Å². The maximum Gasteiger partial charge on any atom is 0.258 e. The highest BCUT2D eigenvalue weighted by atomic mass is 16.5. The fourth-order valence-corrected chi connectivity index (χ4v) is 3.30. The molecule has 0 aromatic heterocycles. The molecule has 0 fully saturated rings. The molecule has 158 valence electrons. The number of ether oxygens (including phenoxy) is 1. The second kappa shape index (κ2) is 9.71. The van der Waals surface area contributed by atoms with Crippen molar-refractivity contribution in [3.63, 3.8) is 0 Å². The van der Waals surface area contributed by atoms with E-state index >= 15 is 0 Å². The number of hydrogen-bond acceptors (Lipinski definition) is 4. The summed E-state index contributed by atoms with van der Waals surface area (Å²) >= 11 is 0. The van der Waals surface area contributed by atoms with Crippen LogP contribution >= 0.6 is 0 Å². The van der Waals surface area contributed by atoms with Gasteiger partial charge in [0.2, 0.25) is 0 Å². The van der Waals surface area contributed by atoms with Crippen LogP contribution in [0.4, 0.5) is 5.69 Å². The van der Waals surface area contributed by atoms with Crippen molar-refractivity contribution < 1.29 is 19.1 Å². The first-order chi connectivity index (χ1) is 15.6. The van der Waals surface area contributed by atoms with Crippen molar-refractivity contribution in [2.45, 2.75) is 6.42 Å². The van der Waals surface area contributed by atoms with E-state index in [2.05, 4.69) is 0 Å². The van der Waals surface area contributed by atoms with E-state index in [1.165, 1.54) is 12.2 Å². The van der Waals surface area contributed by atoms with Crippen molar-refractivity contribution in [3.8, 4) is 5.75 Å². The molecule has 1 heterocycles. The zero-order valence-corrected chi connectivity index (χ0v) is 17.3. The van der Waals surface area contributed by atoms with Gasteiger partial charge in [-0.15, -0.1) is 0 Å². The molecule has 5 nitrogen and oxygen atoms in total. The number of carbonyl (C=O) groups is 3. The van der Waals surface area contributed by atoms with Gasteiger partial charge in [0, 0.05) is 24.1 Å². The molecular formula is C27H21NO4. The average Bonchev–Trinajstić information content (AvgIpc) is 3.17. The molecule has 0 spiro atoms. The number of nitrogens with zero attached hydrogens (tertiary/aromatic N) is 1. The summed E-state index contributed by atoms with van der Waals surface area (Å²) in [5, 5.41) is 0. The summed E-state index contributed by atoms with van der Waals surface area (Å²) in [4.78, 5) is 36.7. The molecule has 32 heavy (non-hydrogen) atoms. The third-order valence-corrected chi connectivity index (χ3v) is 5.03. The second-order valence-electron chi connectivity index (χ2n) is 7.24. The first-order valence-electron chi connectivity index (χ1n) is 10.3. The molecule has 1 aliphatic rings. The lowest BCUT2D eigenvalue weighted by Gasteiger charge is -2.14. The van der Waals surface area contributed by atoms with Gasteiger partial charge in [0.05, 0.1) is 12.3 Å². The second-order valence-corrected chi connectivity index (χ2v) is 7.24. The predicted molar refractivity (Wildman–Crippen MR) is 124 cm³/mol. The highest BCUT2D eigenvalue weighted by Gasteiger charge is 2.24. The fourth-order valence-electron chi connectivity index (χ4n) is 3.30. The number of carbonyl (C=O) groups excluding carboxylic acids is 3. The summed E-state index contributed by atoms with van der Waals surface area (Å²) in [7, 11) is 0. The van der Waals surface area contributed by atoms with Crippen LogP contribution in [0.2, 0.25) is 0 Å². The van der Waals surface area contributed by atoms with Crippen molar-refractivity contribution in [1.29, 1.82) is 0 Å². The lowest BCUT2D eigenvalue weighted by Crippen LogP contribution is -2.29. The predicted octanol–water partition coefficient (Wildman–Crippen LogP) is 4.63. The number of rotatable bonds is 8. The fraction of sp³-hybridized carbons (Fsp3) is 0.0741. The van der Waals surface area contributed by atoms with Gasteiger partial charge in [-0.25, -0.2) is 4.90 Å². The summed E-state index contributed by atoms with van der Waals surface area (Å²) in [5.41, 5.74) is 3.26. The number of hydrogen-bond donors (Lipinski definition) is 0. The maximum atomic E-state index is 12.1. The highest BCUT2D eigenvalue weighted by Crippen LogP contribution is 2.22. The standard InChI is InChI=1S/C27H21NO4/c29-25(22-4-2-1-3-5-22)15-10-20-6-8-21(9-7-20)18-19-32-24-13-11-23(12-14-24)28-26(30)16-17-27(28)31/h1-17H,18-19H2/b15-10+. The summed E-state index contributed by atoms with van der Waals surface area (Å²) in [6.45, 7) is 0.490. The van der Waals surface area contributed by atoms with Crippen molar-refractivity contribution in [1.82, 2.24) is 0 Å².